The van der Waals surface area contributed by atoms with Crippen molar-refractivity contribution in [3.05, 3.63) is 53.7 Å². The first-order valence-corrected chi connectivity index (χ1v) is 6.11. The highest BCUT2D eigenvalue weighted by atomic mass is 16.7. The van der Waals surface area contributed by atoms with Gasteiger partial charge in [0, 0.05) is 0 Å². The van der Waals surface area contributed by atoms with Gasteiger partial charge in [-0.1, -0.05) is 36.9 Å². The molecule has 0 saturated carbocycles. The van der Waals surface area contributed by atoms with Crippen LogP contribution in [0, 0.1) is 5.41 Å². The fraction of sp³-hybridized carbons (Fsp3) is 0.267. The summed E-state index contributed by atoms with van der Waals surface area (Å²) in [7, 11) is 0. The monoisotopic (exact) mass is 273 g/mol. The van der Waals surface area contributed by atoms with E-state index in [4.69, 9.17) is 4.84 Å². The summed E-state index contributed by atoms with van der Waals surface area (Å²) in [4.78, 5) is 28.0. The predicted molar refractivity (Wildman–Crippen MR) is 72.0 cm³/mol. The van der Waals surface area contributed by atoms with Gasteiger partial charge in [0.2, 0.25) is 0 Å². The third kappa shape index (κ3) is 2.25. The summed E-state index contributed by atoms with van der Waals surface area (Å²) in [5.41, 5.74) is -0.173. The topological polar surface area (TPSA) is 66.8 Å². The molecule has 1 aliphatic rings. The van der Waals surface area contributed by atoms with Crippen LogP contribution in [0.4, 0.5) is 0 Å². The Morgan fingerprint density at radius 1 is 1.50 bits per heavy atom. The van der Waals surface area contributed by atoms with Crippen LogP contribution in [0.3, 0.4) is 0 Å². The molecule has 1 aliphatic heterocycles. The SMILES string of the molecule is C=C1CN(OCc2ccccc2)C(=C=O)[C@]1(C)C(=O)O. The normalized spacial score (nSPS) is 21.9. The summed E-state index contributed by atoms with van der Waals surface area (Å²) in [5, 5.41) is 10.6. The number of hydrogen-bond donors (Lipinski definition) is 1. The van der Waals surface area contributed by atoms with E-state index in [-0.39, 0.29) is 18.8 Å². The zero-order valence-corrected chi connectivity index (χ0v) is 11.1. The van der Waals surface area contributed by atoms with E-state index in [1.54, 1.807) is 5.94 Å². The summed E-state index contributed by atoms with van der Waals surface area (Å²) in [6, 6.07) is 9.40. The molecule has 1 heterocycles. The van der Waals surface area contributed by atoms with E-state index in [1.165, 1.54) is 12.0 Å². The summed E-state index contributed by atoms with van der Waals surface area (Å²) in [6.07, 6.45) is 0. The molecule has 20 heavy (non-hydrogen) atoms. The van der Waals surface area contributed by atoms with Crippen LogP contribution in [0.5, 0.6) is 0 Å². The second kappa shape index (κ2) is 5.33. The maximum Gasteiger partial charge on any atom is 0.320 e. The van der Waals surface area contributed by atoms with E-state index < -0.39 is 11.4 Å². The minimum absolute atomic E-state index is 0.0501. The van der Waals surface area contributed by atoms with Gasteiger partial charge in [0.25, 0.3) is 0 Å². The average Bonchev–Trinajstić information content (AvgIpc) is 2.70. The van der Waals surface area contributed by atoms with Gasteiger partial charge in [0.1, 0.15) is 17.1 Å². The third-order valence-electron chi connectivity index (χ3n) is 3.52. The quantitative estimate of drug-likeness (QED) is 0.669. The molecule has 0 unspecified atom stereocenters. The van der Waals surface area contributed by atoms with E-state index in [0.717, 1.165) is 5.56 Å². The van der Waals surface area contributed by atoms with Crippen LogP contribution in [0.25, 0.3) is 0 Å². The van der Waals surface area contributed by atoms with E-state index in [2.05, 4.69) is 6.58 Å². The van der Waals surface area contributed by atoms with E-state index in [0.29, 0.717) is 5.57 Å². The van der Waals surface area contributed by atoms with Gasteiger partial charge in [0.15, 0.2) is 0 Å². The van der Waals surface area contributed by atoms with Crippen LogP contribution in [0.1, 0.15) is 12.5 Å². The van der Waals surface area contributed by atoms with Crippen LogP contribution >= 0.6 is 0 Å². The number of hydroxylamine groups is 2. The van der Waals surface area contributed by atoms with Gasteiger partial charge < -0.3 is 5.11 Å². The van der Waals surface area contributed by atoms with Gasteiger partial charge in [-0.2, -0.15) is 0 Å². The molecule has 5 heteroatoms. The standard InChI is InChI=1S/C15H15NO4/c1-11-8-16(13(9-17)15(11,2)14(18)19)20-10-12-6-4-3-5-7-12/h3-7H,1,8,10H2,2H3,(H,18,19)/t15-/m1/s1. The lowest BCUT2D eigenvalue weighted by molar-refractivity contribution is -0.150. The van der Waals surface area contributed by atoms with Crippen molar-refractivity contribution < 1.29 is 19.5 Å². The van der Waals surface area contributed by atoms with Crippen molar-refractivity contribution >= 4 is 11.9 Å². The number of aliphatic carboxylic acids is 1. The van der Waals surface area contributed by atoms with Gasteiger partial charge in [-0.05, 0) is 18.1 Å². The fourth-order valence-electron chi connectivity index (χ4n) is 2.07. The van der Waals surface area contributed by atoms with Crippen molar-refractivity contribution in [3.63, 3.8) is 0 Å². The molecule has 0 amide bonds. The van der Waals surface area contributed by atoms with Gasteiger partial charge in [0.05, 0.1) is 13.2 Å². The number of carboxylic acids is 1. The van der Waals surface area contributed by atoms with Gasteiger partial charge in [-0.25, -0.2) is 9.86 Å². The Labute approximate surface area is 116 Å². The van der Waals surface area contributed by atoms with Crippen molar-refractivity contribution in [2.24, 2.45) is 5.41 Å². The second-order valence-corrected chi connectivity index (χ2v) is 4.78. The number of nitrogens with zero attached hydrogens (tertiary/aromatic N) is 1. The molecule has 1 atom stereocenters. The average molecular weight is 273 g/mol. The molecule has 5 nitrogen and oxygen atoms in total. The minimum Gasteiger partial charge on any atom is -0.480 e. The molecule has 2 rings (SSSR count). The first-order valence-electron chi connectivity index (χ1n) is 6.11. The first kappa shape index (κ1) is 14.1. The molecule has 0 spiro atoms. The lowest BCUT2D eigenvalue weighted by atomic mass is 9.83. The molecule has 1 aromatic carbocycles. The lowest BCUT2D eigenvalue weighted by Crippen LogP contribution is -2.31. The smallest absolute Gasteiger partial charge is 0.320 e. The number of benzene rings is 1. The Balaban J connectivity index is 2.17. The van der Waals surface area contributed by atoms with Crippen LogP contribution in [-0.4, -0.2) is 28.6 Å². The molecule has 1 fully saturated rings. The molecule has 0 aromatic heterocycles. The Kier molecular flexibility index (Phi) is 3.74. The summed E-state index contributed by atoms with van der Waals surface area (Å²) in [6.45, 7) is 5.58. The fourth-order valence-corrected chi connectivity index (χ4v) is 2.07. The maximum atomic E-state index is 11.4. The van der Waals surface area contributed by atoms with E-state index in [9.17, 15) is 14.7 Å². The number of carboxylic acid groups (broad SMARTS) is 1. The highest BCUT2D eigenvalue weighted by Gasteiger charge is 2.50. The van der Waals surface area contributed by atoms with Gasteiger partial charge in [-0.3, -0.25) is 9.63 Å². The van der Waals surface area contributed by atoms with Crippen LogP contribution in [-0.2, 0) is 21.0 Å². The first-order chi connectivity index (χ1) is 9.50. The highest BCUT2D eigenvalue weighted by molar-refractivity contribution is 5.86. The molecule has 104 valence electrons. The van der Waals surface area contributed by atoms with Crippen LogP contribution in [0.15, 0.2) is 48.2 Å². The van der Waals surface area contributed by atoms with Crippen molar-refractivity contribution in [1.82, 2.24) is 5.06 Å². The van der Waals surface area contributed by atoms with Crippen molar-refractivity contribution in [2.45, 2.75) is 13.5 Å². The Morgan fingerprint density at radius 3 is 2.70 bits per heavy atom. The zero-order chi connectivity index (χ0) is 14.8. The second-order valence-electron chi connectivity index (χ2n) is 4.78. The number of hydrogen-bond acceptors (Lipinski definition) is 4. The van der Waals surface area contributed by atoms with Crippen molar-refractivity contribution in [1.29, 1.82) is 0 Å². The molecular weight excluding hydrogens is 258 g/mol. The largest absolute Gasteiger partial charge is 0.480 e. The molecule has 1 saturated heterocycles. The Morgan fingerprint density at radius 2 is 2.15 bits per heavy atom. The Hall–Kier alpha value is -2.36. The molecule has 0 bridgehead atoms. The van der Waals surface area contributed by atoms with Crippen molar-refractivity contribution in [2.75, 3.05) is 6.54 Å². The Bertz CT molecular complexity index is 589. The zero-order valence-electron chi connectivity index (χ0n) is 11.1. The number of carbonyl (C=O) groups excluding carboxylic acids is 1. The van der Waals surface area contributed by atoms with Gasteiger partial charge >= 0.3 is 5.97 Å². The number of rotatable bonds is 4. The summed E-state index contributed by atoms with van der Waals surface area (Å²) < 4.78 is 0. The van der Waals surface area contributed by atoms with E-state index >= 15 is 0 Å². The molecular formula is C15H15NO4. The summed E-state index contributed by atoms with van der Waals surface area (Å²) >= 11 is 0. The van der Waals surface area contributed by atoms with Crippen molar-refractivity contribution in [3.8, 4) is 0 Å². The predicted octanol–water partition coefficient (Wildman–Crippen LogP) is 1.80. The highest BCUT2D eigenvalue weighted by Crippen LogP contribution is 2.42. The minimum atomic E-state index is -1.45. The third-order valence-corrected chi connectivity index (χ3v) is 3.52. The molecule has 0 aliphatic carbocycles. The van der Waals surface area contributed by atoms with Crippen LogP contribution < -0.4 is 0 Å². The summed E-state index contributed by atoms with van der Waals surface area (Å²) in [5.74, 6) is 0.546. The lowest BCUT2D eigenvalue weighted by Gasteiger charge is -2.21. The maximum absolute atomic E-state index is 11.4. The molecule has 1 aromatic rings. The van der Waals surface area contributed by atoms with E-state index in [1.807, 2.05) is 30.3 Å². The van der Waals surface area contributed by atoms with Crippen LogP contribution in [0.2, 0.25) is 0 Å². The molecule has 1 N–H and O–H groups in total. The molecule has 0 radical (unpaired) electrons. The number of carbonyl (C=O) groups is 1. The van der Waals surface area contributed by atoms with Gasteiger partial charge in [-0.15, -0.1) is 0 Å².